The van der Waals surface area contributed by atoms with Gasteiger partial charge in [0, 0.05) is 56.5 Å². The van der Waals surface area contributed by atoms with Crippen LogP contribution >= 0.6 is 11.8 Å². The minimum Gasteiger partial charge on any atom is -0.370 e. The number of rotatable bonds is 5. The van der Waals surface area contributed by atoms with Gasteiger partial charge in [0.25, 0.3) is 0 Å². The summed E-state index contributed by atoms with van der Waals surface area (Å²) in [6, 6.07) is 5.80. The van der Waals surface area contributed by atoms with Crippen molar-refractivity contribution in [2.45, 2.75) is 6.42 Å². The Bertz CT molecular complexity index is 502. The highest BCUT2D eigenvalue weighted by molar-refractivity contribution is 7.99. The third kappa shape index (κ3) is 5.22. The van der Waals surface area contributed by atoms with E-state index in [0.29, 0.717) is 12.5 Å². The lowest BCUT2D eigenvalue weighted by molar-refractivity contribution is -0.128. The van der Waals surface area contributed by atoms with Gasteiger partial charge >= 0.3 is 0 Å². The van der Waals surface area contributed by atoms with Crippen LogP contribution in [0.15, 0.2) is 29.4 Å². The Hall–Kier alpha value is -1.76. The molecule has 120 valence electrons. The minimum atomic E-state index is -0.0229. The van der Waals surface area contributed by atoms with Crippen LogP contribution in [0, 0.1) is 0 Å². The predicted octanol–water partition coefficient (Wildman–Crippen LogP) is 0.446. The second-order valence-corrected chi connectivity index (χ2v) is 6.38. The number of carbonyl (C=O) groups is 1. The summed E-state index contributed by atoms with van der Waals surface area (Å²) in [5.74, 6) is 2.58. The normalized spacial score (nSPS) is 15.7. The Morgan fingerprint density at radius 3 is 2.91 bits per heavy atom. The third-order valence-electron chi connectivity index (χ3n) is 3.57. The number of aromatic nitrogens is 1. The summed E-state index contributed by atoms with van der Waals surface area (Å²) in [6.45, 7) is 2.55. The van der Waals surface area contributed by atoms with Crippen LogP contribution in [0.3, 0.4) is 0 Å². The van der Waals surface area contributed by atoms with Gasteiger partial charge in [0.1, 0.15) is 6.54 Å². The first kappa shape index (κ1) is 16.6. The molecule has 1 aromatic heterocycles. The molecule has 0 bridgehead atoms. The molecule has 1 aromatic rings. The van der Waals surface area contributed by atoms with Gasteiger partial charge in [0.05, 0.1) is 0 Å². The van der Waals surface area contributed by atoms with Crippen LogP contribution in [0.4, 0.5) is 0 Å². The van der Waals surface area contributed by atoms with Crippen molar-refractivity contribution in [3.05, 3.63) is 30.1 Å². The Labute approximate surface area is 135 Å². The molecule has 0 saturated carbocycles. The summed E-state index contributed by atoms with van der Waals surface area (Å²) >= 11 is 1.92. The lowest BCUT2D eigenvalue weighted by atomic mass is 10.2. The monoisotopic (exact) mass is 321 g/mol. The number of nitrogens with zero attached hydrogens (tertiary/aromatic N) is 4. The first-order chi connectivity index (χ1) is 10.7. The number of thioether (sulfide) groups is 1. The first-order valence-corrected chi connectivity index (χ1v) is 8.59. The molecule has 2 rings (SSSR count). The van der Waals surface area contributed by atoms with E-state index in [4.69, 9.17) is 5.73 Å². The molecular weight excluding hydrogens is 298 g/mol. The molecule has 2 heterocycles. The van der Waals surface area contributed by atoms with Crippen LogP contribution in [0.5, 0.6) is 0 Å². The topological polar surface area (TPSA) is 74.8 Å². The Kier molecular flexibility index (Phi) is 6.51. The number of amides is 1. The summed E-state index contributed by atoms with van der Waals surface area (Å²) in [5.41, 5.74) is 6.93. The zero-order valence-corrected chi connectivity index (χ0v) is 13.8. The van der Waals surface area contributed by atoms with E-state index in [0.717, 1.165) is 36.7 Å². The SMILES string of the molecule is CN(CCc1ccccn1)C(=O)CN=C(N)N1CCSCC1. The Morgan fingerprint density at radius 1 is 1.45 bits per heavy atom. The fourth-order valence-electron chi connectivity index (χ4n) is 2.11. The van der Waals surface area contributed by atoms with Crippen molar-refractivity contribution in [1.82, 2.24) is 14.8 Å². The smallest absolute Gasteiger partial charge is 0.244 e. The molecule has 0 unspecified atom stereocenters. The number of aliphatic imine (C=N–C) groups is 1. The molecule has 0 aliphatic carbocycles. The van der Waals surface area contributed by atoms with Gasteiger partial charge in [0.15, 0.2) is 5.96 Å². The molecule has 0 atom stereocenters. The number of pyridine rings is 1. The van der Waals surface area contributed by atoms with Crippen molar-refractivity contribution in [3.63, 3.8) is 0 Å². The van der Waals surface area contributed by atoms with Gasteiger partial charge < -0.3 is 15.5 Å². The fraction of sp³-hybridized carbons (Fsp3) is 0.533. The molecule has 1 saturated heterocycles. The van der Waals surface area contributed by atoms with Crippen LogP contribution in [0.2, 0.25) is 0 Å². The highest BCUT2D eigenvalue weighted by atomic mass is 32.2. The standard InChI is InChI=1S/C15H23N5OS/c1-19(7-5-13-4-2-3-6-17-13)14(21)12-18-15(16)20-8-10-22-11-9-20/h2-4,6H,5,7-12H2,1H3,(H2,16,18). The molecular formula is C15H23N5OS. The van der Waals surface area contributed by atoms with Gasteiger partial charge in [-0.2, -0.15) is 11.8 Å². The molecule has 1 fully saturated rings. The molecule has 22 heavy (non-hydrogen) atoms. The Morgan fingerprint density at radius 2 is 2.23 bits per heavy atom. The Balaban J connectivity index is 1.75. The largest absolute Gasteiger partial charge is 0.370 e. The molecule has 0 aromatic carbocycles. The van der Waals surface area contributed by atoms with Gasteiger partial charge in [-0.25, -0.2) is 4.99 Å². The second kappa shape index (κ2) is 8.63. The second-order valence-electron chi connectivity index (χ2n) is 5.16. The van der Waals surface area contributed by atoms with Gasteiger partial charge in [-0.05, 0) is 12.1 Å². The van der Waals surface area contributed by atoms with Crippen molar-refractivity contribution >= 4 is 23.6 Å². The average molecular weight is 321 g/mol. The maximum atomic E-state index is 12.1. The maximum absolute atomic E-state index is 12.1. The van der Waals surface area contributed by atoms with E-state index in [2.05, 4.69) is 9.98 Å². The zero-order valence-electron chi connectivity index (χ0n) is 12.9. The van der Waals surface area contributed by atoms with E-state index in [9.17, 15) is 4.79 Å². The van der Waals surface area contributed by atoms with E-state index in [1.165, 1.54) is 0 Å². The molecule has 1 aliphatic rings. The van der Waals surface area contributed by atoms with E-state index < -0.39 is 0 Å². The highest BCUT2D eigenvalue weighted by Crippen LogP contribution is 2.08. The van der Waals surface area contributed by atoms with E-state index in [-0.39, 0.29) is 12.5 Å². The molecule has 7 heteroatoms. The molecule has 6 nitrogen and oxygen atoms in total. The fourth-order valence-corrected chi connectivity index (χ4v) is 3.02. The maximum Gasteiger partial charge on any atom is 0.244 e. The van der Waals surface area contributed by atoms with E-state index in [1.807, 2.05) is 34.9 Å². The van der Waals surface area contributed by atoms with Crippen LogP contribution in [0.1, 0.15) is 5.69 Å². The molecule has 1 amide bonds. The average Bonchev–Trinajstić information content (AvgIpc) is 2.58. The highest BCUT2D eigenvalue weighted by Gasteiger charge is 2.13. The van der Waals surface area contributed by atoms with Crippen molar-refractivity contribution < 1.29 is 4.79 Å². The number of hydrogen-bond donors (Lipinski definition) is 1. The van der Waals surface area contributed by atoms with Crippen LogP contribution in [0.25, 0.3) is 0 Å². The number of nitrogens with two attached hydrogens (primary N) is 1. The zero-order chi connectivity index (χ0) is 15.8. The van der Waals surface area contributed by atoms with Gasteiger partial charge in [-0.15, -0.1) is 0 Å². The summed E-state index contributed by atoms with van der Waals surface area (Å²) < 4.78 is 0. The van der Waals surface area contributed by atoms with Crippen molar-refractivity contribution in [2.75, 3.05) is 44.7 Å². The van der Waals surface area contributed by atoms with Crippen LogP contribution < -0.4 is 5.73 Å². The summed E-state index contributed by atoms with van der Waals surface area (Å²) in [6.07, 6.45) is 2.50. The van der Waals surface area contributed by atoms with E-state index >= 15 is 0 Å². The van der Waals surface area contributed by atoms with Gasteiger partial charge in [0.2, 0.25) is 5.91 Å². The third-order valence-corrected chi connectivity index (χ3v) is 4.51. The van der Waals surface area contributed by atoms with E-state index in [1.54, 1.807) is 18.1 Å². The van der Waals surface area contributed by atoms with Crippen molar-refractivity contribution in [3.8, 4) is 0 Å². The minimum absolute atomic E-state index is 0.0229. The summed E-state index contributed by atoms with van der Waals surface area (Å²) in [7, 11) is 1.79. The quantitative estimate of drug-likeness (QED) is 0.629. The predicted molar refractivity (Wildman–Crippen MR) is 91.0 cm³/mol. The first-order valence-electron chi connectivity index (χ1n) is 7.43. The van der Waals surface area contributed by atoms with Crippen molar-refractivity contribution in [1.29, 1.82) is 0 Å². The number of carbonyl (C=O) groups excluding carboxylic acids is 1. The van der Waals surface area contributed by atoms with Crippen molar-refractivity contribution in [2.24, 2.45) is 10.7 Å². The molecule has 0 radical (unpaired) electrons. The number of likely N-dealkylation sites (N-methyl/N-ethyl adjacent to an activating group) is 1. The number of guanidine groups is 1. The molecule has 0 spiro atoms. The van der Waals surface area contributed by atoms with Gasteiger partial charge in [-0.3, -0.25) is 9.78 Å². The molecule has 2 N–H and O–H groups in total. The summed E-state index contributed by atoms with van der Waals surface area (Å²) in [5, 5.41) is 0. The lowest BCUT2D eigenvalue weighted by Gasteiger charge is -2.27. The lowest BCUT2D eigenvalue weighted by Crippen LogP contribution is -2.43. The van der Waals surface area contributed by atoms with Gasteiger partial charge in [-0.1, -0.05) is 6.07 Å². The summed E-state index contributed by atoms with van der Waals surface area (Å²) in [4.78, 5) is 24.3. The van der Waals surface area contributed by atoms with Crippen LogP contribution in [-0.4, -0.2) is 71.4 Å². The number of hydrogen-bond acceptors (Lipinski definition) is 4. The molecule has 1 aliphatic heterocycles. The van der Waals surface area contributed by atoms with Crippen LogP contribution in [-0.2, 0) is 11.2 Å².